The van der Waals surface area contributed by atoms with Crippen LogP contribution < -0.4 is 0 Å². The molecule has 2 aliphatic rings. The average molecular weight is 164 g/mol. The van der Waals surface area contributed by atoms with E-state index in [0.29, 0.717) is 11.7 Å². The van der Waals surface area contributed by atoms with E-state index in [1.165, 1.54) is 31.3 Å². The van der Waals surface area contributed by atoms with Crippen molar-refractivity contribution in [3.63, 3.8) is 0 Å². The van der Waals surface area contributed by atoms with Gasteiger partial charge in [0.2, 0.25) is 0 Å². The molecule has 2 unspecified atom stereocenters. The second-order valence-electron chi connectivity index (χ2n) is 4.21. The highest BCUT2D eigenvalue weighted by atomic mass is 16.1. The number of rotatable bonds is 0. The van der Waals surface area contributed by atoms with E-state index in [1.807, 2.05) is 6.08 Å². The van der Waals surface area contributed by atoms with E-state index in [0.717, 1.165) is 12.3 Å². The molecule has 0 aromatic heterocycles. The van der Waals surface area contributed by atoms with Crippen LogP contribution in [0.1, 0.15) is 39.0 Å². The lowest BCUT2D eigenvalue weighted by molar-refractivity contribution is -0.116. The molecule has 0 amide bonds. The van der Waals surface area contributed by atoms with Crippen molar-refractivity contribution in [1.29, 1.82) is 0 Å². The van der Waals surface area contributed by atoms with Crippen LogP contribution in [-0.2, 0) is 4.79 Å². The van der Waals surface area contributed by atoms with Gasteiger partial charge in [0.1, 0.15) is 0 Å². The van der Waals surface area contributed by atoms with Crippen molar-refractivity contribution in [2.45, 2.75) is 39.0 Å². The monoisotopic (exact) mass is 164 g/mol. The predicted molar refractivity (Wildman–Crippen MR) is 48.8 cm³/mol. The van der Waals surface area contributed by atoms with Crippen LogP contribution in [0.4, 0.5) is 0 Å². The van der Waals surface area contributed by atoms with Gasteiger partial charge < -0.3 is 0 Å². The molecule has 12 heavy (non-hydrogen) atoms. The van der Waals surface area contributed by atoms with Crippen LogP contribution in [0.5, 0.6) is 0 Å². The van der Waals surface area contributed by atoms with Crippen molar-refractivity contribution < 1.29 is 4.79 Å². The molecule has 0 saturated heterocycles. The molecule has 2 aliphatic carbocycles. The van der Waals surface area contributed by atoms with Gasteiger partial charge in [0, 0.05) is 6.42 Å². The second-order valence-corrected chi connectivity index (χ2v) is 4.21. The summed E-state index contributed by atoms with van der Waals surface area (Å²) in [4.78, 5) is 11.3. The quantitative estimate of drug-likeness (QED) is 0.538. The second kappa shape index (κ2) is 3.04. The molecule has 0 heterocycles. The Kier molecular flexibility index (Phi) is 2.03. The van der Waals surface area contributed by atoms with E-state index in [-0.39, 0.29) is 0 Å². The normalized spacial score (nSPS) is 35.8. The van der Waals surface area contributed by atoms with Gasteiger partial charge in [-0.2, -0.15) is 0 Å². The fourth-order valence-electron chi connectivity index (χ4n) is 2.73. The highest BCUT2D eigenvalue weighted by Crippen LogP contribution is 2.39. The van der Waals surface area contributed by atoms with Crippen molar-refractivity contribution in [3.8, 4) is 0 Å². The number of fused-ring (bicyclic) bond motifs is 1. The van der Waals surface area contributed by atoms with E-state index in [2.05, 4.69) is 6.92 Å². The zero-order valence-electron chi connectivity index (χ0n) is 7.68. The van der Waals surface area contributed by atoms with Crippen LogP contribution in [0.2, 0.25) is 0 Å². The van der Waals surface area contributed by atoms with Gasteiger partial charge in [-0.15, -0.1) is 0 Å². The van der Waals surface area contributed by atoms with Gasteiger partial charge in [-0.1, -0.05) is 18.4 Å². The summed E-state index contributed by atoms with van der Waals surface area (Å²) in [7, 11) is 0. The zero-order valence-corrected chi connectivity index (χ0v) is 7.68. The number of ketones is 1. The van der Waals surface area contributed by atoms with Crippen molar-refractivity contribution in [1.82, 2.24) is 0 Å². The van der Waals surface area contributed by atoms with Crippen LogP contribution in [0.25, 0.3) is 0 Å². The van der Waals surface area contributed by atoms with E-state index in [4.69, 9.17) is 0 Å². The Hall–Kier alpha value is -0.590. The smallest absolute Gasteiger partial charge is 0.155 e. The molecule has 1 nitrogen and oxygen atoms in total. The standard InChI is InChI=1S/C11H16O/c1-8-6-10(12)7-9-4-2-3-5-11(8)9/h6,9,11H,2-5,7H2,1H3. The van der Waals surface area contributed by atoms with Crippen LogP contribution >= 0.6 is 0 Å². The molecule has 0 spiro atoms. The first-order valence-corrected chi connectivity index (χ1v) is 4.98. The fraction of sp³-hybridized carbons (Fsp3) is 0.727. The van der Waals surface area contributed by atoms with Crippen LogP contribution in [0.15, 0.2) is 11.6 Å². The summed E-state index contributed by atoms with van der Waals surface area (Å²) in [5, 5.41) is 0. The molecule has 0 aromatic carbocycles. The van der Waals surface area contributed by atoms with Gasteiger partial charge in [0.25, 0.3) is 0 Å². The molecule has 0 N–H and O–H groups in total. The molecule has 1 fully saturated rings. The van der Waals surface area contributed by atoms with Crippen LogP contribution in [-0.4, -0.2) is 5.78 Å². The first-order chi connectivity index (χ1) is 5.77. The van der Waals surface area contributed by atoms with Crippen molar-refractivity contribution >= 4 is 5.78 Å². The van der Waals surface area contributed by atoms with E-state index in [9.17, 15) is 4.79 Å². The van der Waals surface area contributed by atoms with Crippen molar-refractivity contribution in [3.05, 3.63) is 11.6 Å². The summed E-state index contributed by atoms with van der Waals surface area (Å²) in [6.45, 7) is 2.13. The minimum atomic E-state index is 0.357. The maximum absolute atomic E-state index is 11.3. The summed E-state index contributed by atoms with van der Waals surface area (Å²) in [6.07, 6.45) is 7.98. The van der Waals surface area contributed by atoms with Gasteiger partial charge in [-0.25, -0.2) is 0 Å². The van der Waals surface area contributed by atoms with Crippen molar-refractivity contribution in [2.75, 3.05) is 0 Å². The Morgan fingerprint density at radius 3 is 2.92 bits per heavy atom. The first-order valence-electron chi connectivity index (χ1n) is 4.98. The summed E-state index contributed by atoms with van der Waals surface area (Å²) in [5.41, 5.74) is 1.34. The van der Waals surface area contributed by atoms with E-state index in [1.54, 1.807) is 0 Å². The Morgan fingerprint density at radius 1 is 1.33 bits per heavy atom. The molecule has 66 valence electrons. The lowest BCUT2D eigenvalue weighted by atomic mass is 9.70. The number of allylic oxidation sites excluding steroid dienone is 2. The summed E-state index contributed by atoms with van der Waals surface area (Å²) in [5.74, 6) is 1.79. The summed E-state index contributed by atoms with van der Waals surface area (Å²) < 4.78 is 0. The number of hydrogen-bond acceptors (Lipinski definition) is 1. The maximum atomic E-state index is 11.3. The molecule has 0 aliphatic heterocycles. The third-order valence-electron chi connectivity index (χ3n) is 3.35. The average Bonchev–Trinajstić information content (AvgIpc) is 2.04. The highest BCUT2D eigenvalue weighted by molar-refractivity contribution is 5.91. The third-order valence-corrected chi connectivity index (χ3v) is 3.35. The Balaban J connectivity index is 2.19. The Labute approximate surface area is 73.8 Å². The van der Waals surface area contributed by atoms with Gasteiger partial charge in [-0.05, 0) is 37.7 Å². The number of hydrogen-bond donors (Lipinski definition) is 0. The zero-order chi connectivity index (χ0) is 8.55. The minimum absolute atomic E-state index is 0.357. The van der Waals surface area contributed by atoms with Gasteiger partial charge >= 0.3 is 0 Å². The van der Waals surface area contributed by atoms with Gasteiger partial charge in [0.05, 0.1) is 0 Å². The summed E-state index contributed by atoms with van der Waals surface area (Å²) in [6, 6.07) is 0. The fourth-order valence-corrected chi connectivity index (χ4v) is 2.73. The SMILES string of the molecule is CC1=CC(=O)CC2CCCCC12. The molecule has 0 aromatic rings. The Morgan fingerprint density at radius 2 is 2.08 bits per heavy atom. The van der Waals surface area contributed by atoms with Gasteiger partial charge in [-0.3, -0.25) is 4.79 Å². The highest BCUT2D eigenvalue weighted by Gasteiger charge is 2.30. The number of carbonyl (C=O) groups excluding carboxylic acids is 1. The topological polar surface area (TPSA) is 17.1 Å². The van der Waals surface area contributed by atoms with E-state index >= 15 is 0 Å². The predicted octanol–water partition coefficient (Wildman–Crippen LogP) is 2.71. The largest absolute Gasteiger partial charge is 0.295 e. The minimum Gasteiger partial charge on any atom is -0.295 e. The van der Waals surface area contributed by atoms with Crippen molar-refractivity contribution in [2.24, 2.45) is 11.8 Å². The molecular weight excluding hydrogens is 148 g/mol. The molecule has 0 radical (unpaired) electrons. The maximum Gasteiger partial charge on any atom is 0.155 e. The van der Waals surface area contributed by atoms with Gasteiger partial charge in [0.15, 0.2) is 5.78 Å². The number of carbonyl (C=O) groups is 1. The van der Waals surface area contributed by atoms with Crippen LogP contribution in [0, 0.1) is 11.8 Å². The molecule has 0 bridgehead atoms. The molecule has 2 atom stereocenters. The molecule has 2 rings (SSSR count). The van der Waals surface area contributed by atoms with Crippen LogP contribution in [0.3, 0.4) is 0 Å². The van der Waals surface area contributed by atoms with E-state index < -0.39 is 0 Å². The lowest BCUT2D eigenvalue weighted by Crippen LogP contribution is -2.26. The molecule has 1 saturated carbocycles. The lowest BCUT2D eigenvalue weighted by Gasteiger charge is -2.34. The third kappa shape index (κ3) is 1.33. The molecule has 1 heteroatoms. The Bertz CT molecular complexity index is 227. The first kappa shape index (κ1) is 8.03. The molecular formula is C11H16O. The summed E-state index contributed by atoms with van der Waals surface area (Å²) >= 11 is 0.